The predicted octanol–water partition coefficient (Wildman–Crippen LogP) is 1.07. The van der Waals surface area contributed by atoms with Gasteiger partial charge >= 0.3 is 12.0 Å². The Morgan fingerprint density at radius 2 is 1.93 bits per heavy atom. The Hall–Kier alpha value is -3.41. The SMILES string of the molecule is Cc1ccc([C@]2(C)NC(=O)N(CC(=O)O[C@H](C)C(=O)N(C)CCC#N)C2=O)cc1. The van der Waals surface area contributed by atoms with Crippen LogP contribution in [0.2, 0.25) is 0 Å². The van der Waals surface area contributed by atoms with Crippen molar-refractivity contribution in [2.24, 2.45) is 0 Å². The summed E-state index contributed by atoms with van der Waals surface area (Å²) in [6.45, 7) is 4.47. The van der Waals surface area contributed by atoms with Crippen molar-refractivity contribution in [3.05, 3.63) is 35.4 Å². The second-order valence-electron chi connectivity index (χ2n) is 7.11. The summed E-state index contributed by atoms with van der Waals surface area (Å²) in [5, 5.41) is 11.2. The van der Waals surface area contributed by atoms with Crippen molar-refractivity contribution in [3.63, 3.8) is 0 Å². The Morgan fingerprint density at radius 3 is 2.52 bits per heavy atom. The van der Waals surface area contributed by atoms with Crippen LogP contribution < -0.4 is 5.32 Å². The summed E-state index contributed by atoms with van der Waals surface area (Å²) in [4.78, 5) is 51.6. The van der Waals surface area contributed by atoms with Gasteiger partial charge in [-0.25, -0.2) is 4.79 Å². The van der Waals surface area contributed by atoms with Gasteiger partial charge in [0.25, 0.3) is 11.8 Å². The Bertz CT molecular complexity index is 861. The highest BCUT2D eigenvalue weighted by molar-refractivity contribution is 6.08. The molecule has 0 aromatic heterocycles. The topological polar surface area (TPSA) is 120 Å². The van der Waals surface area contributed by atoms with E-state index in [0.29, 0.717) is 5.56 Å². The number of carbonyl (C=O) groups excluding carboxylic acids is 4. The van der Waals surface area contributed by atoms with Crippen molar-refractivity contribution in [1.82, 2.24) is 15.1 Å². The van der Waals surface area contributed by atoms with Crippen LogP contribution in [0.15, 0.2) is 24.3 Å². The molecule has 2 rings (SSSR count). The number of nitrogens with zero attached hydrogens (tertiary/aromatic N) is 3. The van der Waals surface area contributed by atoms with Crippen molar-refractivity contribution >= 4 is 23.8 Å². The predicted molar refractivity (Wildman–Crippen MR) is 102 cm³/mol. The first kappa shape index (κ1) is 21.9. The molecule has 1 aromatic carbocycles. The number of carbonyl (C=O) groups is 4. The van der Waals surface area contributed by atoms with Crippen LogP contribution in [-0.2, 0) is 24.7 Å². The molecule has 2 atom stereocenters. The van der Waals surface area contributed by atoms with Crippen LogP contribution in [0.1, 0.15) is 31.4 Å². The van der Waals surface area contributed by atoms with Crippen molar-refractivity contribution < 1.29 is 23.9 Å². The zero-order chi connectivity index (χ0) is 21.8. The molecule has 1 heterocycles. The molecule has 4 amide bonds. The number of esters is 1. The molecular weight excluding hydrogens is 376 g/mol. The quantitative estimate of drug-likeness (QED) is 0.540. The van der Waals surface area contributed by atoms with E-state index < -0.39 is 42.0 Å². The molecule has 0 unspecified atom stereocenters. The third-order valence-electron chi connectivity index (χ3n) is 4.78. The molecule has 29 heavy (non-hydrogen) atoms. The van der Waals surface area contributed by atoms with Gasteiger partial charge in [0.1, 0.15) is 12.1 Å². The van der Waals surface area contributed by atoms with Crippen LogP contribution in [0.25, 0.3) is 0 Å². The average molecular weight is 400 g/mol. The van der Waals surface area contributed by atoms with Crippen LogP contribution >= 0.6 is 0 Å². The summed E-state index contributed by atoms with van der Waals surface area (Å²) in [6, 6.07) is 8.36. The van der Waals surface area contributed by atoms with E-state index in [0.717, 1.165) is 10.5 Å². The van der Waals surface area contributed by atoms with E-state index in [1.165, 1.54) is 18.9 Å². The minimum atomic E-state index is -1.29. The number of benzene rings is 1. The minimum absolute atomic E-state index is 0.156. The lowest BCUT2D eigenvalue weighted by Crippen LogP contribution is -2.43. The van der Waals surface area contributed by atoms with Gasteiger partial charge in [0, 0.05) is 13.6 Å². The standard InChI is InChI=1S/C20H24N4O5/c1-13-6-8-15(9-7-13)20(3)18(27)24(19(28)22-20)12-16(25)29-14(2)17(26)23(4)11-5-10-21/h6-9,14H,5,11-12H2,1-4H3,(H,22,28)/t14-,20+/m1/s1. The summed E-state index contributed by atoms with van der Waals surface area (Å²) in [7, 11) is 1.49. The molecule has 1 aromatic rings. The number of nitriles is 1. The maximum Gasteiger partial charge on any atom is 0.327 e. The number of ether oxygens (including phenoxy) is 1. The minimum Gasteiger partial charge on any atom is -0.451 e. The van der Waals surface area contributed by atoms with Crippen LogP contribution in [0.5, 0.6) is 0 Å². The highest BCUT2D eigenvalue weighted by Gasteiger charge is 2.49. The molecule has 1 aliphatic heterocycles. The molecule has 1 fully saturated rings. The second kappa shape index (κ2) is 8.73. The van der Waals surface area contributed by atoms with E-state index in [9.17, 15) is 19.2 Å². The molecule has 0 bridgehead atoms. The molecule has 1 saturated heterocycles. The fourth-order valence-electron chi connectivity index (χ4n) is 2.98. The largest absolute Gasteiger partial charge is 0.451 e. The first-order valence-electron chi connectivity index (χ1n) is 9.12. The summed E-state index contributed by atoms with van der Waals surface area (Å²) in [5.41, 5.74) is 0.317. The number of urea groups is 1. The summed E-state index contributed by atoms with van der Waals surface area (Å²) in [6.07, 6.45) is -0.946. The lowest BCUT2D eigenvalue weighted by atomic mass is 9.91. The highest BCUT2D eigenvalue weighted by atomic mass is 16.5. The number of rotatable bonds is 7. The zero-order valence-corrected chi connectivity index (χ0v) is 16.9. The molecule has 9 heteroatoms. The first-order valence-corrected chi connectivity index (χ1v) is 9.12. The number of nitrogens with one attached hydrogen (secondary N) is 1. The van der Waals surface area contributed by atoms with Gasteiger partial charge in [0.15, 0.2) is 6.10 Å². The molecule has 0 saturated carbocycles. The summed E-state index contributed by atoms with van der Waals surface area (Å²) in [5.74, 6) is -1.93. The number of hydrogen-bond donors (Lipinski definition) is 1. The summed E-state index contributed by atoms with van der Waals surface area (Å²) >= 11 is 0. The third-order valence-corrected chi connectivity index (χ3v) is 4.78. The molecule has 9 nitrogen and oxygen atoms in total. The van der Waals surface area contributed by atoms with Crippen LogP contribution in [0.4, 0.5) is 4.79 Å². The van der Waals surface area contributed by atoms with E-state index in [2.05, 4.69) is 5.32 Å². The van der Waals surface area contributed by atoms with Gasteiger partial charge < -0.3 is 15.0 Å². The van der Waals surface area contributed by atoms with Crippen molar-refractivity contribution in [1.29, 1.82) is 5.26 Å². The van der Waals surface area contributed by atoms with Gasteiger partial charge in [0.05, 0.1) is 12.5 Å². The monoisotopic (exact) mass is 400 g/mol. The molecule has 1 aliphatic rings. The van der Waals surface area contributed by atoms with Crippen LogP contribution in [0, 0.1) is 18.3 Å². The van der Waals surface area contributed by atoms with E-state index >= 15 is 0 Å². The first-order chi connectivity index (χ1) is 13.6. The van der Waals surface area contributed by atoms with Gasteiger partial charge in [-0.15, -0.1) is 0 Å². The number of hydrogen-bond acceptors (Lipinski definition) is 6. The molecular formula is C20H24N4O5. The smallest absolute Gasteiger partial charge is 0.327 e. The Morgan fingerprint density at radius 1 is 1.31 bits per heavy atom. The molecule has 1 N–H and O–H groups in total. The average Bonchev–Trinajstić information content (AvgIpc) is 2.89. The molecule has 0 aliphatic carbocycles. The molecule has 154 valence electrons. The van der Waals surface area contributed by atoms with Gasteiger partial charge in [-0.05, 0) is 26.3 Å². The van der Waals surface area contributed by atoms with Crippen molar-refractivity contribution in [2.45, 2.75) is 38.8 Å². The molecule has 0 spiro atoms. The third kappa shape index (κ3) is 4.71. The van der Waals surface area contributed by atoms with Gasteiger partial charge in [-0.3, -0.25) is 19.3 Å². The number of aryl methyl sites for hydroxylation is 1. The van der Waals surface area contributed by atoms with Crippen LogP contribution in [-0.4, -0.2) is 59.9 Å². The van der Waals surface area contributed by atoms with Gasteiger partial charge in [0.2, 0.25) is 0 Å². The Labute approximate surface area is 169 Å². The molecule has 0 radical (unpaired) electrons. The lowest BCUT2D eigenvalue weighted by molar-refractivity contribution is -0.159. The number of likely N-dealkylation sites (N-methyl/N-ethyl adjacent to an activating group) is 1. The Balaban J connectivity index is 2.02. The second-order valence-corrected chi connectivity index (χ2v) is 7.11. The Kier molecular flexibility index (Phi) is 6.59. The van der Waals surface area contributed by atoms with E-state index in [1.807, 2.05) is 25.1 Å². The highest BCUT2D eigenvalue weighted by Crippen LogP contribution is 2.28. The van der Waals surface area contributed by atoms with E-state index in [4.69, 9.17) is 10.00 Å². The van der Waals surface area contributed by atoms with Crippen molar-refractivity contribution in [3.8, 4) is 6.07 Å². The number of imide groups is 1. The normalized spacial score (nSPS) is 19.3. The maximum atomic E-state index is 12.8. The maximum absolute atomic E-state index is 12.8. The fourth-order valence-corrected chi connectivity index (χ4v) is 2.98. The van der Waals surface area contributed by atoms with E-state index in [-0.39, 0.29) is 13.0 Å². The van der Waals surface area contributed by atoms with Crippen molar-refractivity contribution in [2.75, 3.05) is 20.1 Å². The van der Waals surface area contributed by atoms with Gasteiger partial charge in [-0.2, -0.15) is 5.26 Å². The van der Waals surface area contributed by atoms with E-state index in [1.54, 1.807) is 19.1 Å². The van der Waals surface area contributed by atoms with Gasteiger partial charge in [-0.1, -0.05) is 29.8 Å². The zero-order valence-electron chi connectivity index (χ0n) is 16.9. The van der Waals surface area contributed by atoms with Crippen LogP contribution in [0.3, 0.4) is 0 Å². The fraction of sp³-hybridized carbons (Fsp3) is 0.450. The number of amides is 4. The summed E-state index contributed by atoms with van der Waals surface area (Å²) < 4.78 is 5.07. The lowest BCUT2D eigenvalue weighted by Gasteiger charge is -2.23.